The number of ether oxygens (including phenoxy) is 1. The Hall–Kier alpha value is -4.50. The number of hydrogen-bond acceptors (Lipinski definition) is 6. The maximum Gasteiger partial charge on any atom is 0.337 e. The number of aromatic nitrogens is 1. The minimum absolute atomic E-state index is 0.107. The van der Waals surface area contributed by atoms with Crippen molar-refractivity contribution in [2.24, 2.45) is 0 Å². The Labute approximate surface area is 225 Å². The van der Waals surface area contributed by atoms with Gasteiger partial charge < -0.3 is 24.7 Å². The molecule has 0 unspecified atom stereocenters. The second-order valence-electron chi connectivity index (χ2n) is 8.76. The molecule has 1 saturated heterocycles. The monoisotopic (exact) mass is 526 g/mol. The molecule has 5 rings (SSSR count). The van der Waals surface area contributed by atoms with E-state index in [1.54, 1.807) is 18.3 Å². The number of amides is 1. The maximum atomic E-state index is 12.7. The second kappa shape index (κ2) is 11.3. The zero-order chi connectivity index (χ0) is 26.5. The molecule has 0 aliphatic carbocycles. The van der Waals surface area contributed by atoms with Crippen molar-refractivity contribution in [1.29, 1.82) is 0 Å². The fourth-order valence-corrected chi connectivity index (χ4v) is 4.81. The van der Waals surface area contributed by atoms with Crippen LogP contribution in [-0.2, 0) is 9.53 Å². The second-order valence-corrected chi connectivity index (χ2v) is 9.14. The lowest BCUT2D eigenvalue weighted by Gasteiger charge is -2.25. The van der Waals surface area contributed by atoms with E-state index in [2.05, 4.69) is 15.6 Å². The first-order chi connectivity index (χ1) is 18.5. The number of benzene rings is 2. The van der Waals surface area contributed by atoms with Crippen LogP contribution in [0.5, 0.6) is 0 Å². The lowest BCUT2D eigenvalue weighted by molar-refractivity contribution is -0.116. The van der Waals surface area contributed by atoms with Crippen molar-refractivity contribution in [3.05, 3.63) is 108 Å². The lowest BCUT2D eigenvalue weighted by atomic mass is 10.0. The molecule has 9 heteroatoms. The molecule has 3 heterocycles. The first-order valence-electron chi connectivity index (χ1n) is 12.1. The molecule has 0 saturated carbocycles. The summed E-state index contributed by atoms with van der Waals surface area (Å²) in [6.07, 6.45) is 1.98. The molecule has 2 aromatic carbocycles. The normalized spacial score (nSPS) is 16.7. The van der Waals surface area contributed by atoms with Gasteiger partial charge in [0.1, 0.15) is 17.6 Å². The van der Waals surface area contributed by atoms with Crippen molar-refractivity contribution in [1.82, 2.24) is 15.2 Å². The number of carbonyl (C=O) groups is 2. The summed E-state index contributed by atoms with van der Waals surface area (Å²) in [6.45, 7) is 0.391. The summed E-state index contributed by atoms with van der Waals surface area (Å²) >= 11 is 5.70. The van der Waals surface area contributed by atoms with E-state index in [1.807, 2.05) is 77.7 Å². The lowest BCUT2D eigenvalue weighted by Crippen LogP contribution is -2.32. The highest BCUT2D eigenvalue weighted by Crippen LogP contribution is 2.40. The van der Waals surface area contributed by atoms with Crippen molar-refractivity contribution in [3.63, 3.8) is 0 Å². The molecule has 1 aliphatic heterocycles. The van der Waals surface area contributed by atoms with Gasteiger partial charge in [0, 0.05) is 30.4 Å². The Bertz CT molecular complexity index is 1420. The number of rotatable bonds is 8. The van der Waals surface area contributed by atoms with Crippen molar-refractivity contribution in [3.8, 4) is 11.3 Å². The van der Waals surface area contributed by atoms with Gasteiger partial charge >= 0.3 is 5.97 Å². The number of carbonyl (C=O) groups excluding carboxylic acids is 2. The molecule has 8 nitrogen and oxygen atoms in total. The van der Waals surface area contributed by atoms with Gasteiger partial charge in [0.2, 0.25) is 5.91 Å². The molecule has 1 amide bonds. The van der Waals surface area contributed by atoms with E-state index in [0.717, 1.165) is 16.9 Å². The van der Waals surface area contributed by atoms with Crippen LogP contribution in [0.3, 0.4) is 0 Å². The van der Waals surface area contributed by atoms with E-state index in [9.17, 15) is 9.59 Å². The molecular formula is C29H26N4O4S. The molecule has 2 aromatic heterocycles. The largest absolute Gasteiger partial charge is 0.465 e. The van der Waals surface area contributed by atoms with E-state index in [4.69, 9.17) is 21.4 Å². The van der Waals surface area contributed by atoms with Crippen molar-refractivity contribution < 1.29 is 18.7 Å². The number of thiocarbonyl (C=S) groups is 1. The minimum atomic E-state index is -0.396. The third kappa shape index (κ3) is 5.42. The third-order valence-corrected chi connectivity index (χ3v) is 6.70. The Balaban J connectivity index is 1.39. The number of pyridine rings is 1. The standard InChI is InChI=1S/C29H26N4O4S/c1-36-28(35)20-12-10-19(11-13-20)23-14-15-24(37-23)27-26(22-9-5-6-17-30-22)32-29(38)33(27)18-16-25(34)31-21-7-3-2-4-8-21/h2-15,17,26-27H,16,18H2,1H3,(H,31,34)(H,32,38)/t26-,27-/m1/s1. The third-order valence-electron chi connectivity index (χ3n) is 6.34. The molecular weight excluding hydrogens is 500 g/mol. The van der Waals surface area contributed by atoms with Gasteiger partial charge in [-0.05, 0) is 60.7 Å². The van der Waals surface area contributed by atoms with Crippen molar-refractivity contribution in [2.45, 2.75) is 18.5 Å². The summed E-state index contributed by atoms with van der Waals surface area (Å²) in [5, 5.41) is 6.82. The molecule has 0 spiro atoms. The van der Waals surface area contributed by atoms with Crippen LogP contribution in [-0.4, -0.2) is 40.5 Å². The van der Waals surface area contributed by atoms with Crippen LogP contribution in [0.15, 0.2) is 95.5 Å². The highest BCUT2D eigenvalue weighted by Gasteiger charge is 2.41. The van der Waals surface area contributed by atoms with Crippen LogP contribution >= 0.6 is 12.2 Å². The first kappa shape index (κ1) is 25.2. The van der Waals surface area contributed by atoms with E-state index in [0.29, 0.717) is 28.7 Å². The van der Waals surface area contributed by atoms with Crippen LogP contribution in [0.25, 0.3) is 11.3 Å². The molecule has 2 N–H and O–H groups in total. The molecule has 0 radical (unpaired) electrons. The summed E-state index contributed by atoms with van der Waals surface area (Å²) < 4.78 is 11.1. The summed E-state index contributed by atoms with van der Waals surface area (Å²) in [7, 11) is 1.35. The van der Waals surface area contributed by atoms with Gasteiger partial charge in [0.05, 0.1) is 24.4 Å². The van der Waals surface area contributed by atoms with Gasteiger partial charge in [0.15, 0.2) is 5.11 Å². The molecule has 2 atom stereocenters. The minimum Gasteiger partial charge on any atom is -0.465 e. The average Bonchev–Trinajstić information content (AvgIpc) is 3.57. The summed E-state index contributed by atoms with van der Waals surface area (Å²) in [5.74, 6) is 0.830. The fraction of sp³-hybridized carbons (Fsp3) is 0.172. The SMILES string of the molecule is COC(=O)c1ccc(-c2ccc([C@@H]3[C@@H](c4ccccn4)NC(=S)N3CCC(=O)Nc3ccccc3)o2)cc1. The molecule has 1 fully saturated rings. The molecule has 0 bridgehead atoms. The number of anilines is 1. The predicted octanol–water partition coefficient (Wildman–Crippen LogP) is 5.13. The van der Waals surface area contributed by atoms with Gasteiger partial charge in [-0.2, -0.15) is 0 Å². The number of esters is 1. The van der Waals surface area contributed by atoms with Gasteiger partial charge in [-0.1, -0.05) is 36.4 Å². The Morgan fingerprint density at radius 1 is 1.03 bits per heavy atom. The van der Waals surface area contributed by atoms with Crippen molar-refractivity contribution in [2.75, 3.05) is 19.0 Å². The van der Waals surface area contributed by atoms with Crippen LogP contribution in [0.1, 0.15) is 40.3 Å². The topological polar surface area (TPSA) is 96.7 Å². The van der Waals surface area contributed by atoms with Gasteiger partial charge in [-0.25, -0.2) is 4.79 Å². The summed E-state index contributed by atoms with van der Waals surface area (Å²) in [4.78, 5) is 31.0. The van der Waals surface area contributed by atoms with Gasteiger partial charge in [-0.3, -0.25) is 9.78 Å². The Kier molecular flexibility index (Phi) is 7.46. The van der Waals surface area contributed by atoms with Crippen LogP contribution < -0.4 is 10.6 Å². The van der Waals surface area contributed by atoms with E-state index in [-0.39, 0.29) is 24.4 Å². The number of hydrogen-bond donors (Lipinski definition) is 2. The molecule has 38 heavy (non-hydrogen) atoms. The van der Waals surface area contributed by atoms with E-state index < -0.39 is 5.97 Å². The van der Waals surface area contributed by atoms with Crippen LogP contribution in [0, 0.1) is 0 Å². The Morgan fingerprint density at radius 3 is 2.50 bits per heavy atom. The number of para-hydroxylation sites is 1. The number of nitrogens with zero attached hydrogens (tertiary/aromatic N) is 2. The molecule has 1 aliphatic rings. The zero-order valence-electron chi connectivity index (χ0n) is 20.7. The first-order valence-corrected chi connectivity index (χ1v) is 12.6. The highest BCUT2D eigenvalue weighted by atomic mass is 32.1. The predicted molar refractivity (Wildman–Crippen MR) is 147 cm³/mol. The quantitative estimate of drug-likeness (QED) is 0.241. The van der Waals surface area contributed by atoms with Gasteiger partial charge in [-0.15, -0.1) is 0 Å². The Morgan fingerprint density at radius 2 is 1.79 bits per heavy atom. The van der Waals surface area contributed by atoms with Crippen LogP contribution in [0.4, 0.5) is 5.69 Å². The summed E-state index contributed by atoms with van der Waals surface area (Å²) in [6, 6.07) is 25.3. The van der Waals surface area contributed by atoms with E-state index >= 15 is 0 Å². The molecule has 192 valence electrons. The fourth-order valence-electron chi connectivity index (χ4n) is 4.48. The number of methoxy groups -OCH3 is 1. The maximum absolute atomic E-state index is 12.7. The average molecular weight is 527 g/mol. The van der Waals surface area contributed by atoms with Crippen LogP contribution in [0.2, 0.25) is 0 Å². The summed E-state index contributed by atoms with van der Waals surface area (Å²) in [5.41, 5.74) is 2.84. The van der Waals surface area contributed by atoms with E-state index in [1.165, 1.54) is 7.11 Å². The number of nitrogens with one attached hydrogen (secondary N) is 2. The zero-order valence-corrected chi connectivity index (χ0v) is 21.5. The van der Waals surface area contributed by atoms with Crippen molar-refractivity contribution >= 4 is 34.9 Å². The smallest absolute Gasteiger partial charge is 0.337 e. The molecule has 4 aromatic rings. The van der Waals surface area contributed by atoms with Gasteiger partial charge in [0.25, 0.3) is 0 Å². The highest BCUT2D eigenvalue weighted by molar-refractivity contribution is 7.80. The number of furan rings is 1.